The summed E-state index contributed by atoms with van der Waals surface area (Å²) in [4.78, 5) is 28.4. The average Bonchev–Trinajstić information content (AvgIpc) is 3.09. The van der Waals surface area contributed by atoms with Crippen LogP contribution in [0.4, 0.5) is 11.9 Å². The quantitative estimate of drug-likeness (QED) is 0.689. The summed E-state index contributed by atoms with van der Waals surface area (Å²) in [5.41, 5.74) is 0.937. The number of benzene rings is 2. The highest BCUT2D eigenvalue weighted by molar-refractivity contribution is 6.30. The first-order chi connectivity index (χ1) is 13.6. The fourth-order valence-corrected chi connectivity index (χ4v) is 3.02. The van der Waals surface area contributed by atoms with E-state index in [2.05, 4.69) is 20.7 Å². The molecule has 2 aromatic carbocycles. The van der Waals surface area contributed by atoms with Crippen LogP contribution in [0.15, 0.2) is 54.6 Å². The van der Waals surface area contributed by atoms with Gasteiger partial charge in [-0.3, -0.25) is 20.2 Å². The van der Waals surface area contributed by atoms with Crippen LogP contribution in [0.2, 0.25) is 5.02 Å². The summed E-state index contributed by atoms with van der Waals surface area (Å²) in [6.45, 7) is -0.208. The lowest BCUT2D eigenvalue weighted by atomic mass is 10.0. The Morgan fingerprint density at radius 3 is 2.71 bits per heavy atom. The second kappa shape index (κ2) is 7.69. The summed E-state index contributed by atoms with van der Waals surface area (Å²) < 4.78 is 7.01. The Morgan fingerprint density at radius 2 is 1.96 bits per heavy atom. The number of rotatable bonds is 5. The third kappa shape index (κ3) is 3.96. The van der Waals surface area contributed by atoms with E-state index in [1.165, 1.54) is 0 Å². The Balaban J connectivity index is 1.46. The number of aromatic nitrogens is 3. The zero-order valence-electron chi connectivity index (χ0n) is 14.6. The molecule has 0 radical (unpaired) electrons. The highest BCUT2D eigenvalue weighted by Gasteiger charge is 2.29. The second-order valence-electron chi connectivity index (χ2n) is 6.17. The van der Waals surface area contributed by atoms with Crippen molar-refractivity contribution >= 4 is 35.3 Å². The van der Waals surface area contributed by atoms with E-state index in [4.69, 9.17) is 16.3 Å². The molecule has 3 aromatic rings. The van der Waals surface area contributed by atoms with E-state index in [-0.39, 0.29) is 30.9 Å². The van der Waals surface area contributed by atoms with Crippen LogP contribution in [-0.4, -0.2) is 33.2 Å². The molecule has 0 saturated carbocycles. The molecule has 2 N–H and O–H groups in total. The van der Waals surface area contributed by atoms with Gasteiger partial charge in [0, 0.05) is 5.02 Å². The maximum absolute atomic E-state index is 12.1. The van der Waals surface area contributed by atoms with Crippen LogP contribution in [-0.2, 0) is 9.59 Å². The molecule has 8 nitrogen and oxygen atoms in total. The second-order valence-corrected chi connectivity index (χ2v) is 6.61. The van der Waals surface area contributed by atoms with E-state index >= 15 is 0 Å². The number of anilines is 2. The Morgan fingerprint density at radius 1 is 1.21 bits per heavy atom. The van der Waals surface area contributed by atoms with Crippen molar-refractivity contribution in [2.24, 2.45) is 0 Å². The van der Waals surface area contributed by atoms with Gasteiger partial charge >= 0.3 is 0 Å². The minimum absolute atomic E-state index is 0.0998. The van der Waals surface area contributed by atoms with Gasteiger partial charge in [0.1, 0.15) is 5.75 Å². The van der Waals surface area contributed by atoms with Gasteiger partial charge in [-0.2, -0.15) is 4.98 Å². The van der Waals surface area contributed by atoms with Crippen molar-refractivity contribution in [2.45, 2.75) is 12.5 Å². The zero-order chi connectivity index (χ0) is 19.5. The smallest absolute Gasteiger partial charge is 0.264 e. The van der Waals surface area contributed by atoms with Crippen molar-refractivity contribution in [3.05, 3.63) is 65.2 Å². The van der Waals surface area contributed by atoms with Crippen molar-refractivity contribution in [3.8, 4) is 5.75 Å². The van der Waals surface area contributed by atoms with E-state index in [0.717, 1.165) is 5.56 Å². The number of nitrogens with one attached hydrogen (secondary N) is 2. The number of carbonyl (C=O) groups excluding carboxylic acids is 2. The zero-order valence-corrected chi connectivity index (χ0v) is 15.4. The van der Waals surface area contributed by atoms with Crippen LogP contribution in [0.1, 0.15) is 18.0 Å². The van der Waals surface area contributed by atoms with Crippen LogP contribution in [0.25, 0.3) is 0 Å². The van der Waals surface area contributed by atoms with E-state index in [0.29, 0.717) is 16.7 Å². The Bertz CT molecular complexity index is 1000. The Hall–Kier alpha value is -3.39. The topological polar surface area (TPSA) is 98.1 Å². The van der Waals surface area contributed by atoms with Gasteiger partial charge in [0.15, 0.2) is 6.61 Å². The predicted molar refractivity (Wildman–Crippen MR) is 103 cm³/mol. The first-order valence-corrected chi connectivity index (χ1v) is 8.96. The van der Waals surface area contributed by atoms with Crippen molar-refractivity contribution in [1.29, 1.82) is 0 Å². The lowest BCUT2D eigenvalue weighted by Gasteiger charge is -2.23. The van der Waals surface area contributed by atoms with E-state index in [1.807, 2.05) is 30.3 Å². The molecule has 1 aromatic heterocycles. The summed E-state index contributed by atoms with van der Waals surface area (Å²) in [5, 5.41) is 10.2. The third-order valence-electron chi connectivity index (χ3n) is 4.18. The van der Waals surface area contributed by atoms with E-state index in [9.17, 15) is 9.59 Å². The molecule has 2 heterocycles. The Labute approximate surface area is 165 Å². The highest BCUT2D eigenvalue weighted by Crippen LogP contribution is 2.29. The molecule has 0 aliphatic carbocycles. The number of halogens is 1. The number of ether oxygens (including phenoxy) is 1. The van der Waals surface area contributed by atoms with Gasteiger partial charge < -0.3 is 4.74 Å². The van der Waals surface area contributed by atoms with Gasteiger partial charge in [0.2, 0.25) is 11.9 Å². The molecule has 0 bridgehead atoms. The normalized spacial score (nSPS) is 15.5. The summed E-state index contributed by atoms with van der Waals surface area (Å²) >= 11 is 5.81. The number of nitrogens with zero attached hydrogens (tertiary/aromatic N) is 3. The minimum Gasteiger partial charge on any atom is -0.484 e. The highest BCUT2D eigenvalue weighted by atomic mass is 35.5. The van der Waals surface area contributed by atoms with E-state index in [1.54, 1.807) is 28.9 Å². The lowest BCUT2D eigenvalue weighted by molar-refractivity contribution is -0.118. The minimum atomic E-state index is -0.416. The molecule has 4 rings (SSSR count). The molecule has 1 aliphatic heterocycles. The summed E-state index contributed by atoms with van der Waals surface area (Å²) in [6, 6.07) is 15.9. The number of fused-ring (bicyclic) bond motifs is 1. The van der Waals surface area contributed by atoms with Crippen molar-refractivity contribution < 1.29 is 14.3 Å². The Kier molecular flexibility index (Phi) is 4.94. The number of hydrogen-bond donors (Lipinski definition) is 2. The van der Waals surface area contributed by atoms with Crippen LogP contribution in [0.3, 0.4) is 0 Å². The SMILES string of the molecule is O=C(COc1ccc(Cl)cc1)Nc1nc2n(n1)[C@@H](c1ccccc1)CC(=O)N2. The summed E-state index contributed by atoms with van der Waals surface area (Å²) in [6.07, 6.45) is 0.243. The summed E-state index contributed by atoms with van der Waals surface area (Å²) in [7, 11) is 0. The van der Waals surface area contributed by atoms with Gasteiger partial charge in [-0.25, -0.2) is 4.68 Å². The standard InChI is InChI=1S/C19H16ClN5O3/c20-13-6-8-14(9-7-13)28-11-17(27)21-18-23-19-22-16(26)10-15(25(19)24-18)12-4-2-1-3-5-12/h1-9,15H,10-11H2,(H2,21,22,23,24,26,27)/t15-/m1/s1. The van der Waals surface area contributed by atoms with Crippen molar-refractivity contribution in [2.75, 3.05) is 17.2 Å². The number of amides is 2. The first-order valence-electron chi connectivity index (χ1n) is 8.58. The number of hydrogen-bond acceptors (Lipinski definition) is 5. The molecule has 0 spiro atoms. The molecule has 1 aliphatic rings. The fourth-order valence-electron chi connectivity index (χ4n) is 2.89. The van der Waals surface area contributed by atoms with E-state index < -0.39 is 5.91 Å². The third-order valence-corrected chi connectivity index (χ3v) is 4.43. The molecule has 0 saturated heterocycles. The molecule has 9 heteroatoms. The van der Waals surface area contributed by atoms with Crippen molar-refractivity contribution in [1.82, 2.24) is 14.8 Å². The van der Waals surface area contributed by atoms with Crippen LogP contribution in [0.5, 0.6) is 5.75 Å². The van der Waals surface area contributed by atoms with Gasteiger partial charge in [-0.05, 0) is 29.8 Å². The number of carbonyl (C=O) groups is 2. The monoisotopic (exact) mass is 397 g/mol. The van der Waals surface area contributed by atoms with Gasteiger partial charge in [0.25, 0.3) is 11.9 Å². The van der Waals surface area contributed by atoms with Crippen molar-refractivity contribution in [3.63, 3.8) is 0 Å². The van der Waals surface area contributed by atoms with Gasteiger partial charge in [-0.15, -0.1) is 5.10 Å². The fraction of sp³-hybridized carbons (Fsp3) is 0.158. The molecule has 1 atom stereocenters. The molecule has 0 fully saturated rings. The van der Waals surface area contributed by atoms with Crippen LogP contribution < -0.4 is 15.4 Å². The molecule has 2 amide bonds. The van der Waals surface area contributed by atoms with Crippen LogP contribution in [0, 0.1) is 0 Å². The summed E-state index contributed by atoms with van der Waals surface area (Å²) in [5.74, 6) is 0.341. The average molecular weight is 398 g/mol. The maximum Gasteiger partial charge on any atom is 0.264 e. The molecule has 28 heavy (non-hydrogen) atoms. The largest absolute Gasteiger partial charge is 0.484 e. The first kappa shape index (κ1) is 18.0. The molecule has 142 valence electrons. The molecular formula is C19H16ClN5O3. The molecule has 0 unspecified atom stereocenters. The van der Waals surface area contributed by atoms with Gasteiger partial charge in [0.05, 0.1) is 12.5 Å². The predicted octanol–water partition coefficient (Wildman–Crippen LogP) is 2.88. The maximum atomic E-state index is 12.1. The molecular weight excluding hydrogens is 382 g/mol. The van der Waals surface area contributed by atoms with Crippen LogP contribution >= 0.6 is 11.6 Å². The lowest BCUT2D eigenvalue weighted by Crippen LogP contribution is -2.29. The van der Waals surface area contributed by atoms with Gasteiger partial charge in [-0.1, -0.05) is 41.9 Å².